The molecular weight excluding hydrogens is 430 g/mol. The first-order valence-corrected chi connectivity index (χ1v) is 6.88. The number of nitrogens with zero attached hydrogens (tertiary/aromatic N) is 2. The minimum atomic E-state index is -4.37. The number of alkyl halides is 3. The van der Waals surface area contributed by atoms with Crippen LogP contribution in [0.25, 0.3) is 0 Å². The fourth-order valence-electron chi connectivity index (χ4n) is 2.15. The standard InChI is InChI=1S/C14H17ClF3N3.HI/c1-21(2)12(19)20-8-13(5-6-13)10-7-9(14(16,17)18)3-4-11(10)15;/h3-4,7H,5-6,8H2,1-2H3,(H2,19,20);1H. The van der Waals surface area contributed by atoms with Gasteiger partial charge in [0.05, 0.1) is 12.1 Å². The van der Waals surface area contributed by atoms with Gasteiger partial charge < -0.3 is 10.6 Å². The Hall–Kier alpha value is -0.700. The van der Waals surface area contributed by atoms with Crippen LogP contribution >= 0.6 is 35.6 Å². The Balaban J connectivity index is 0.00000242. The predicted molar refractivity (Wildman–Crippen MR) is 93.0 cm³/mol. The maximum atomic E-state index is 12.8. The van der Waals surface area contributed by atoms with E-state index in [9.17, 15) is 13.2 Å². The first kappa shape index (κ1) is 19.3. The summed E-state index contributed by atoms with van der Waals surface area (Å²) in [6, 6.07) is 3.44. The number of hydrogen-bond acceptors (Lipinski definition) is 1. The molecule has 0 saturated heterocycles. The summed E-state index contributed by atoms with van der Waals surface area (Å²) in [4.78, 5) is 5.90. The van der Waals surface area contributed by atoms with E-state index in [2.05, 4.69) is 4.99 Å². The Morgan fingerprint density at radius 3 is 2.41 bits per heavy atom. The number of hydrogen-bond donors (Lipinski definition) is 1. The largest absolute Gasteiger partial charge is 0.416 e. The maximum absolute atomic E-state index is 12.8. The van der Waals surface area contributed by atoms with Gasteiger partial charge in [-0.2, -0.15) is 13.2 Å². The van der Waals surface area contributed by atoms with Gasteiger partial charge in [0.1, 0.15) is 0 Å². The number of rotatable bonds is 3. The van der Waals surface area contributed by atoms with Crippen LogP contribution in [0.1, 0.15) is 24.0 Å². The second-order valence-corrected chi connectivity index (χ2v) is 5.95. The summed E-state index contributed by atoms with van der Waals surface area (Å²) in [5.74, 6) is 0.351. The van der Waals surface area contributed by atoms with Crippen LogP contribution in [0.2, 0.25) is 5.02 Å². The average molecular weight is 448 g/mol. The molecule has 2 N–H and O–H groups in total. The third-order valence-corrected chi connectivity index (χ3v) is 4.05. The quantitative estimate of drug-likeness (QED) is 0.434. The Morgan fingerprint density at radius 1 is 1.36 bits per heavy atom. The molecule has 0 heterocycles. The lowest BCUT2D eigenvalue weighted by Gasteiger charge is -2.19. The number of nitrogens with two attached hydrogens (primary N) is 1. The molecule has 0 spiro atoms. The molecule has 0 unspecified atom stereocenters. The van der Waals surface area contributed by atoms with E-state index in [1.165, 1.54) is 6.07 Å². The summed E-state index contributed by atoms with van der Waals surface area (Å²) >= 11 is 6.09. The maximum Gasteiger partial charge on any atom is 0.416 e. The molecule has 8 heteroatoms. The molecule has 1 aromatic carbocycles. The van der Waals surface area contributed by atoms with Crippen molar-refractivity contribution >= 4 is 41.5 Å². The molecule has 1 aliphatic rings. The molecule has 0 atom stereocenters. The Bertz CT molecular complexity index is 569. The number of benzene rings is 1. The first-order valence-electron chi connectivity index (χ1n) is 6.50. The summed E-state index contributed by atoms with van der Waals surface area (Å²) in [7, 11) is 3.52. The van der Waals surface area contributed by atoms with E-state index in [1.807, 2.05) is 0 Å². The Kier molecular flexibility index (Phi) is 6.00. The van der Waals surface area contributed by atoms with Gasteiger partial charge in [0.25, 0.3) is 0 Å². The molecule has 1 saturated carbocycles. The summed E-state index contributed by atoms with van der Waals surface area (Å²) < 4.78 is 38.5. The van der Waals surface area contributed by atoms with Crippen molar-refractivity contribution < 1.29 is 13.2 Å². The highest BCUT2D eigenvalue weighted by Crippen LogP contribution is 2.51. The number of aliphatic imine (C=N–C) groups is 1. The van der Waals surface area contributed by atoms with Gasteiger partial charge in [0, 0.05) is 24.5 Å². The van der Waals surface area contributed by atoms with Gasteiger partial charge in [-0.25, -0.2) is 0 Å². The van der Waals surface area contributed by atoms with Crippen molar-refractivity contribution in [1.29, 1.82) is 0 Å². The second kappa shape index (κ2) is 6.82. The highest BCUT2D eigenvalue weighted by atomic mass is 127. The zero-order valence-corrected chi connectivity index (χ0v) is 15.3. The first-order chi connectivity index (χ1) is 9.66. The van der Waals surface area contributed by atoms with E-state index < -0.39 is 17.2 Å². The summed E-state index contributed by atoms with van der Waals surface area (Å²) in [5.41, 5.74) is 5.14. The van der Waals surface area contributed by atoms with E-state index in [0.717, 1.165) is 25.0 Å². The fourth-order valence-corrected chi connectivity index (χ4v) is 2.46. The normalized spacial score (nSPS) is 16.9. The molecule has 1 aromatic rings. The van der Waals surface area contributed by atoms with Crippen molar-refractivity contribution in [3.05, 3.63) is 34.3 Å². The van der Waals surface area contributed by atoms with Gasteiger partial charge in [0.2, 0.25) is 0 Å². The van der Waals surface area contributed by atoms with E-state index in [4.69, 9.17) is 17.3 Å². The SMILES string of the molecule is CN(C)C(N)=NCC1(c2cc(C(F)(F)F)ccc2Cl)CC1.I. The van der Waals surface area contributed by atoms with Crippen molar-refractivity contribution in [2.24, 2.45) is 10.7 Å². The molecule has 3 nitrogen and oxygen atoms in total. The van der Waals surface area contributed by atoms with Gasteiger partial charge in [0.15, 0.2) is 5.96 Å². The molecule has 1 fully saturated rings. The third-order valence-electron chi connectivity index (χ3n) is 3.72. The lowest BCUT2D eigenvalue weighted by atomic mass is 9.94. The van der Waals surface area contributed by atoms with Crippen molar-refractivity contribution in [2.75, 3.05) is 20.6 Å². The van der Waals surface area contributed by atoms with Crippen LogP contribution in [0, 0.1) is 0 Å². The lowest BCUT2D eigenvalue weighted by molar-refractivity contribution is -0.137. The van der Waals surface area contributed by atoms with Crippen LogP contribution in [-0.4, -0.2) is 31.5 Å². The number of halogens is 5. The molecule has 1 aliphatic carbocycles. The minimum absolute atomic E-state index is 0. The van der Waals surface area contributed by atoms with Gasteiger partial charge in [-0.15, -0.1) is 24.0 Å². The van der Waals surface area contributed by atoms with Crippen LogP contribution in [0.3, 0.4) is 0 Å². The zero-order valence-electron chi connectivity index (χ0n) is 12.2. The van der Waals surface area contributed by atoms with E-state index >= 15 is 0 Å². The number of guanidine groups is 1. The van der Waals surface area contributed by atoms with Crippen molar-refractivity contribution in [3.63, 3.8) is 0 Å². The van der Waals surface area contributed by atoms with E-state index in [1.54, 1.807) is 19.0 Å². The summed E-state index contributed by atoms with van der Waals surface area (Å²) in [6.45, 7) is 0.345. The molecule has 124 valence electrons. The highest BCUT2D eigenvalue weighted by Gasteiger charge is 2.46. The second-order valence-electron chi connectivity index (χ2n) is 5.54. The van der Waals surface area contributed by atoms with Crippen LogP contribution in [-0.2, 0) is 11.6 Å². The van der Waals surface area contributed by atoms with E-state index in [0.29, 0.717) is 23.1 Å². The fraction of sp³-hybridized carbons (Fsp3) is 0.500. The van der Waals surface area contributed by atoms with Crippen molar-refractivity contribution in [1.82, 2.24) is 4.90 Å². The minimum Gasteiger partial charge on any atom is -0.370 e. The predicted octanol–water partition coefficient (Wildman–Crippen LogP) is 3.88. The Labute approximate surface area is 149 Å². The van der Waals surface area contributed by atoms with Crippen LogP contribution in [0.15, 0.2) is 23.2 Å². The lowest BCUT2D eigenvalue weighted by Crippen LogP contribution is -2.31. The molecule has 0 bridgehead atoms. The van der Waals surface area contributed by atoms with Gasteiger partial charge in [-0.1, -0.05) is 11.6 Å². The van der Waals surface area contributed by atoms with Crippen LogP contribution < -0.4 is 5.73 Å². The highest BCUT2D eigenvalue weighted by molar-refractivity contribution is 14.0. The van der Waals surface area contributed by atoms with Gasteiger partial charge >= 0.3 is 6.18 Å². The molecular formula is C14H18ClF3IN3. The van der Waals surface area contributed by atoms with Crippen LogP contribution in [0.5, 0.6) is 0 Å². The zero-order chi connectivity index (χ0) is 15.8. The van der Waals surface area contributed by atoms with Gasteiger partial charge in [-0.05, 0) is 36.6 Å². The molecule has 0 aromatic heterocycles. The molecule has 0 radical (unpaired) electrons. The van der Waals surface area contributed by atoms with Gasteiger partial charge in [-0.3, -0.25) is 4.99 Å². The molecule has 2 rings (SSSR count). The van der Waals surface area contributed by atoms with Crippen molar-refractivity contribution in [3.8, 4) is 0 Å². The van der Waals surface area contributed by atoms with E-state index in [-0.39, 0.29) is 24.0 Å². The molecule has 22 heavy (non-hydrogen) atoms. The Morgan fingerprint density at radius 2 is 1.95 bits per heavy atom. The molecule has 0 aliphatic heterocycles. The molecule has 0 amide bonds. The monoisotopic (exact) mass is 447 g/mol. The smallest absolute Gasteiger partial charge is 0.370 e. The topological polar surface area (TPSA) is 41.6 Å². The summed E-state index contributed by atoms with van der Waals surface area (Å²) in [5, 5.41) is 0.346. The summed E-state index contributed by atoms with van der Waals surface area (Å²) in [6.07, 6.45) is -2.85. The third kappa shape index (κ3) is 4.18. The van der Waals surface area contributed by atoms with Crippen molar-refractivity contribution in [2.45, 2.75) is 24.4 Å². The average Bonchev–Trinajstić information content (AvgIpc) is 3.16. The van der Waals surface area contributed by atoms with Crippen LogP contribution in [0.4, 0.5) is 13.2 Å².